The summed E-state index contributed by atoms with van der Waals surface area (Å²) in [4.78, 5) is 26.8. The Morgan fingerprint density at radius 3 is 2.66 bits per heavy atom. The van der Waals surface area contributed by atoms with Gasteiger partial charge in [-0.15, -0.1) is 0 Å². The molecule has 0 bridgehead atoms. The molecule has 2 heterocycles. The minimum Gasteiger partial charge on any atom is -0.480 e. The average Bonchev–Trinajstić information content (AvgIpc) is 2.93. The minimum absolute atomic E-state index is 0.159. The summed E-state index contributed by atoms with van der Waals surface area (Å²) in [6.07, 6.45) is 7.58. The second-order valence-electron chi connectivity index (χ2n) is 9.74. The molecule has 2 aromatic heterocycles. The van der Waals surface area contributed by atoms with Crippen LogP contribution in [0.1, 0.15) is 49.1 Å². The summed E-state index contributed by atoms with van der Waals surface area (Å²) in [6.45, 7) is 0.327. The van der Waals surface area contributed by atoms with Crippen molar-refractivity contribution in [2.24, 2.45) is 0 Å². The number of alkyl halides is 2. The van der Waals surface area contributed by atoms with Gasteiger partial charge in [-0.3, -0.25) is 9.88 Å². The number of hydrogen-bond acceptors (Lipinski definition) is 6. The first-order valence-corrected chi connectivity index (χ1v) is 13.3. The van der Waals surface area contributed by atoms with Gasteiger partial charge < -0.3 is 10.4 Å². The Morgan fingerprint density at radius 2 is 1.87 bits per heavy atom. The Balaban J connectivity index is 1.31. The highest BCUT2D eigenvalue weighted by atomic mass is 19.3. The molecule has 0 aliphatic heterocycles. The number of unbranched alkanes of at least 4 members (excludes halogenated alkanes) is 1. The van der Waals surface area contributed by atoms with Gasteiger partial charge in [-0.2, -0.15) is 0 Å². The summed E-state index contributed by atoms with van der Waals surface area (Å²) in [5, 5.41) is 12.8. The van der Waals surface area contributed by atoms with E-state index in [0.29, 0.717) is 17.9 Å². The van der Waals surface area contributed by atoms with E-state index in [4.69, 9.17) is 4.98 Å². The SMILES string of the molecule is O=C(O)[C@H](CCN(CCCCc1ccc2c(n1)CCCC2)CC(F)F)Nc1ncncc1-c1ccccc1. The summed E-state index contributed by atoms with van der Waals surface area (Å²) in [5.74, 6) is -0.658. The molecular weight excluding hydrogens is 488 g/mol. The van der Waals surface area contributed by atoms with Gasteiger partial charge in [-0.05, 0) is 75.1 Å². The molecule has 2 N–H and O–H groups in total. The van der Waals surface area contributed by atoms with Gasteiger partial charge in [0.2, 0.25) is 0 Å². The number of halogens is 2. The smallest absolute Gasteiger partial charge is 0.326 e. The first-order valence-electron chi connectivity index (χ1n) is 13.3. The number of carboxylic acids is 1. The van der Waals surface area contributed by atoms with Crippen LogP contribution in [0.3, 0.4) is 0 Å². The maximum Gasteiger partial charge on any atom is 0.326 e. The van der Waals surface area contributed by atoms with Crippen molar-refractivity contribution in [2.75, 3.05) is 25.0 Å². The van der Waals surface area contributed by atoms with Crippen LogP contribution in [0.15, 0.2) is 55.0 Å². The number of nitrogens with one attached hydrogen (secondary N) is 1. The lowest BCUT2D eigenvalue weighted by Gasteiger charge is -2.24. The molecule has 0 unspecified atom stereocenters. The number of nitrogens with zero attached hydrogens (tertiary/aromatic N) is 4. The Kier molecular flexibility index (Phi) is 10.1. The van der Waals surface area contributed by atoms with E-state index >= 15 is 0 Å². The van der Waals surface area contributed by atoms with Crippen LogP contribution in [0, 0.1) is 0 Å². The summed E-state index contributed by atoms with van der Waals surface area (Å²) in [5.41, 5.74) is 5.15. The third-order valence-electron chi connectivity index (χ3n) is 6.93. The van der Waals surface area contributed by atoms with Crippen molar-refractivity contribution >= 4 is 11.8 Å². The molecular formula is C29H35F2N5O2. The van der Waals surface area contributed by atoms with Gasteiger partial charge in [0.05, 0.1) is 6.54 Å². The monoisotopic (exact) mass is 523 g/mol. The largest absolute Gasteiger partial charge is 0.480 e. The van der Waals surface area contributed by atoms with Crippen LogP contribution in [0.4, 0.5) is 14.6 Å². The van der Waals surface area contributed by atoms with Crippen LogP contribution in [0.5, 0.6) is 0 Å². The van der Waals surface area contributed by atoms with E-state index in [-0.39, 0.29) is 19.5 Å². The lowest BCUT2D eigenvalue weighted by atomic mass is 9.95. The number of fused-ring (bicyclic) bond motifs is 1. The second kappa shape index (κ2) is 13.9. The van der Waals surface area contributed by atoms with E-state index in [1.54, 1.807) is 11.1 Å². The highest BCUT2D eigenvalue weighted by molar-refractivity contribution is 5.81. The van der Waals surface area contributed by atoms with E-state index < -0.39 is 18.4 Å². The Labute approximate surface area is 222 Å². The van der Waals surface area contributed by atoms with Gasteiger partial charge in [0.1, 0.15) is 18.2 Å². The number of pyridine rings is 1. The summed E-state index contributed by atoms with van der Waals surface area (Å²) in [7, 11) is 0. The van der Waals surface area contributed by atoms with Gasteiger partial charge in [0, 0.05) is 29.7 Å². The van der Waals surface area contributed by atoms with Crippen molar-refractivity contribution in [1.82, 2.24) is 19.9 Å². The standard InChI is InChI=1S/C29H35F2N5O2/c30-27(31)19-36(16-7-6-11-23-14-13-22-10-4-5-12-25(22)34-23)17-15-26(29(37)38)35-28-24(18-32-20-33-28)21-8-2-1-3-9-21/h1-3,8-9,13-14,18,20,26-27H,4-7,10-12,15-17,19H2,(H,37,38)(H,32,33,35)/t26-/m0/s1. The molecule has 1 aliphatic rings. The number of rotatable bonds is 14. The molecule has 0 radical (unpaired) electrons. The molecule has 4 rings (SSSR count). The predicted octanol–water partition coefficient (Wildman–Crippen LogP) is 5.26. The summed E-state index contributed by atoms with van der Waals surface area (Å²) >= 11 is 0. The molecule has 0 spiro atoms. The quantitative estimate of drug-likeness (QED) is 0.279. The zero-order valence-electron chi connectivity index (χ0n) is 21.5. The Bertz CT molecular complexity index is 1180. The van der Waals surface area contributed by atoms with E-state index in [1.807, 2.05) is 30.3 Å². The van der Waals surface area contributed by atoms with Crippen LogP contribution in [0.2, 0.25) is 0 Å². The van der Waals surface area contributed by atoms with Gasteiger partial charge in [-0.25, -0.2) is 23.5 Å². The fourth-order valence-electron chi connectivity index (χ4n) is 4.91. The van der Waals surface area contributed by atoms with Crippen molar-refractivity contribution in [2.45, 2.75) is 63.8 Å². The molecule has 3 aromatic rings. The summed E-state index contributed by atoms with van der Waals surface area (Å²) in [6, 6.07) is 12.7. The van der Waals surface area contributed by atoms with Gasteiger partial charge in [-0.1, -0.05) is 36.4 Å². The van der Waals surface area contributed by atoms with Gasteiger partial charge >= 0.3 is 5.97 Å². The van der Waals surface area contributed by atoms with E-state index in [2.05, 4.69) is 27.4 Å². The van der Waals surface area contributed by atoms with Crippen LogP contribution < -0.4 is 5.32 Å². The predicted molar refractivity (Wildman–Crippen MR) is 143 cm³/mol. The van der Waals surface area contributed by atoms with Gasteiger partial charge in [0.15, 0.2) is 0 Å². The van der Waals surface area contributed by atoms with Crippen LogP contribution in [-0.2, 0) is 24.1 Å². The topological polar surface area (TPSA) is 91.2 Å². The maximum absolute atomic E-state index is 13.3. The molecule has 38 heavy (non-hydrogen) atoms. The third-order valence-corrected chi connectivity index (χ3v) is 6.93. The normalized spacial score (nSPS) is 13.9. The van der Waals surface area contributed by atoms with Crippen LogP contribution in [0.25, 0.3) is 11.1 Å². The highest BCUT2D eigenvalue weighted by Crippen LogP contribution is 2.26. The number of carbonyl (C=O) groups is 1. The molecule has 9 heteroatoms. The molecule has 7 nitrogen and oxygen atoms in total. The number of aliphatic carboxylic acids is 1. The molecule has 202 valence electrons. The number of hydrogen-bond donors (Lipinski definition) is 2. The van der Waals surface area contributed by atoms with Crippen LogP contribution >= 0.6 is 0 Å². The lowest BCUT2D eigenvalue weighted by molar-refractivity contribution is -0.138. The molecule has 1 aromatic carbocycles. The molecule has 0 fully saturated rings. The van der Waals surface area contributed by atoms with Crippen molar-refractivity contribution in [3.8, 4) is 11.1 Å². The van der Waals surface area contributed by atoms with Crippen molar-refractivity contribution in [3.05, 3.63) is 71.9 Å². The van der Waals surface area contributed by atoms with Crippen molar-refractivity contribution in [3.63, 3.8) is 0 Å². The number of anilines is 1. The number of aryl methyl sites for hydroxylation is 3. The molecule has 0 saturated carbocycles. The number of aromatic nitrogens is 3. The summed E-state index contributed by atoms with van der Waals surface area (Å²) < 4.78 is 26.6. The third kappa shape index (κ3) is 8.02. The molecule has 1 aliphatic carbocycles. The zero-order chi connectivity index (χ0) is 26.7. The Morgan fingerprint density at radius 1 is 1.05 bits per heavy atom. The van der Waals surface area contributed by atoms with Crippen molar-refractivity contribution in [1.29, 1.82) is 0 Å². The first kappa shape index (κ1) is 27.6. The minimum atomic E-state index is -2.49. The lowest BCUT2D eigenvalue weighted by Crippen LogP contribution is -2.37. The zero-order valence-corrected chi connectivity index (χ0v) is 21.5. The van der Waals surface area contributed by atoms with E-state index in [1.165, 1.54) is 30.4 Å². The highest BCUT2D eigenvalue weighted by Gasteiger charge is 2.22. The fourth-order valence-corrected chi connectivity index (χ4v) is 4.91. The Hall–Kier alpha value is -3.46. The molecule has 1 atom stereocenters. The first-order chi connectivity index (χ1) is 18.5. The molecule has 0 amide bonds. The second-order valence-corrected chi connectivity index (χ2v) is 9.74. The fraction of sp³-hybridized carbons (Fsp3) is 0.448. The van der Waals surface area contributed by atoms with E-state index in [9.17, 15) is 18.7 Å². The van der Waals surface area contributed by atoms with Gasteiger partial charge in [0.25, 0.3) is 6.43 Å². The maximum atomic E-state index is 13.3. The number of carboxylic acid groups (broad SMARTS) is 1. The van der Waals surface area contributed by atoms with E-state index in [0.717, 1.165) is 43.4 Å². The number of benzene rings is 1. The van der Waals surface area contributed by atoms with Crippen molar-refractivity contribution < 1.29 is 18.7 Å². The average molecular weight is 524 g/mol. The molecule has 0 saturated heterocycles. The van der Waals surface area contributed by atoms with Crippen LogP contribution in [-0.4, -0.2) is 63.0 Å².